The maximum Gasteiger partial charge on any atom is 0.354 e. The van der Waals surface area contributed by atoms with E-state index in [0.29, 0.717) is 18.2 Å². The first kappa shape index (κ1) is 13.5. The SMILES string of the molecule is CCOc1snnc1Cn1ccc2cc(C(=O)O)ncc21. The summed E-state index contributed by atoms with van der Waals surface area (Å²) in [6.07, 6.45) is 3.42. The van der Waals surface area contributed by atoms with E-state index in [4.69, 9.17) is 9.84 Å². The van der Waals surface area contributed by atoms with Gasteiger partial charge in [-0.05, 0) is 19.1 Å². The summed E-state index contributed by atoms with van der Waals surface area (Å²) in [5.74, 6) is -1.04. The number of carboxylic acids is 1. The number of carbonyl (C=O) groups is 1. The van der Waals surface area contributed by atoms with Crippen LogP contribution in [0.2, 0.25) is 0 Å². The van der Waals surface area contributed by atoms with Crippen molar-refractivity contribution in [3.05, 3.63) is 35.9 Å². The first-order valence-corrected chi connectivity index (χ1v) is 7.08. The summed E-state index contributed by atoms with van der Waals surface area (Å²) in [5.41, 5.74) is 1.63. The van der Waals surface area contributed by atoms with Gasteiger partial charge in [-0.3, -0.25) is 0 Å². The number of aromatic carboxylic acids is 1. The minimum Gasteiger partial charge on any atom is -0.482 e. The Morgan fingerprint density at radius 3 is 3.14 bits per heavy atom. The van der Waals surface area contributed by atoms with Gasteiger partial charge in [-0.25, -0.2) is 9.78 Å². The number of aromatic nitrogens is 4. The lowest BCUT2D eigenvalue weighted by atomic mass is 10.2. The standard InChI is InChI=1S/C13H12N4O3S/c1-2-20-13-10(15-16-21-13)7-17-4-3-8-5-9(12(18)19)14-6-11(8)17/h3-6H,2,7H2,1H3,(H,18,19). The van der Waals surface area contributed by atoms with Crippen LogP contribution in [0.1, 0.15) is 23.1 Å². The van der Waals surface area contributed by atoms with Crippen molar-refractivity contribution in [1.82, 2.24) is 19.1 Å². The van der Waals surface area contributed by atoms with Crippen LogP contribution in [-0.4, -0.2) is 36.8 Å². The zero-order valence-corrected chi connectivity index (χ0v) is 12.0. The van der Waals surface area contributed by atoms with Gasteiger partial charge in [0.15, 0.2) is 0 Å². The molecule has 0 atom stereocenters. The highest BCUT2D eigenvalue weighted by atomic mass is 32.1. The number of rotatable bonds is 5. The molecule has 3 rings (SSSR count). The van der Waals surface area contributed by atoms with E-state index >= 15 is 0 Å². The van der Waals surface area contributed by atoms with E-state index < -0.39 is 5.97 Å². The van der Waals surface area contributed by atoms with Crippen LogP contribution in [0.25, 0.3) is 10.9 Å². The molecule has 0 aromatic carbocycles. The minimum atomic E-state index is -1.04. The molecule has 0 aliphatic carbocycles. The van der Waals surface area contributed by atoms with E-state index in [1.807, 2.05) is 23.8 Å². The highest BCUT2D eigenvalue weighted by Gasteiger charge is 2.12. The molecule has 3 aromatic heterocycles. The highest BCUT2D eigenvalue weighted by molar-refractivity contribution is 7.07. The quantitative estimate of drug-likeness (QED) is 0.775. The summed E-state index contributed by atoms with van der Waals surface area (Å²) in [7, 11) is 0. The number of pyridine rings is 1. The van der Waals surface area contributed by atoms with Gasteiger partial charge in [-0.15, -0.1) is 5.10 Å². The van der Waals surface area contributed by atoms with Crippen LogP contribution < -0.4 is 4.74 Å². The summed E-state index contributed by atoms with van der Waals surface area (Å²) in [6.45, 7) is 2.97. The Morgan fingerprint density at radius 2 is 2.38 bits per heavy atom. The third-order valence-corrected chi connectivity index (χ3v) is 3.68. The Balaban J connectivity index is 1.94. The van der Waals surface area contributed by atoms with Gasteiger partial charge < -0.3 is 14.4 Å². The maximum absolute atomic E-state index is 10.9. The van der Waals surface area contributed by atoms with Gasteiger partial charge in [0.05, 0.1) is 24.9 Å². The van der Waals surface area contributed by atoms with Crippen molar-refractivity contribution < 1.29 is 14.6 Å². The van der Waals surface area contributed by atoms with Crippen LogP contribution in [0.15, 0.2) is 24.5 Å². The molecule has 7 nitrogen and oxygen atoms in total. The summed E-state index contributed by atoms with van der Waals surface area (Å²) < 4.78 is 11.3. The van der Waals surface area contributed by atoms with Gasteiger partial charge in [0.2, 0.25) is 5.06 Å². The number of carboxylic acid groups (broad SMARTS) is 1. The molecule has 0 unspecified atom stereocenters. The molecule has 0 radical (unpaired) electrons. The Morgan fingerprint density at radius 1 is 1.52 bits per heavy atom. The Labute approximate surface area is 124 Å². The second-order valence-electron chi connectivity index (χ2n) is 4.32. The molecular weight excluding hydrogens is 292 g/mol. The minimum absolute atomic E-state index is 0.0329. The van der Waals surface area contributed by atoms with Crippen molar-refractivity contribution in [2.45, 2.75) is 13.5 Å². The lowest BCUT2D eigenvalue weighted by Crippen LogP contribution is -2.03. The van der Waals surface area contributed by atoms with E-state index in [2.05, 4.69) is 14.6 Å². The fourth-order valence-electron chi connectivity index (χ4n) is 2.04. The molecule has 0 aliphatic heterocycles. The van der Waals surface area contributed by atoms with E-state index in [-0.39, 0.29) is 5.69 Å². The van der Waals surface area contributed by atoms with Crippen LogP contribution >= 0.6 is 11.5 Å². The maximum atomic E-state index is 10.9. The zero-order chi connectivity index (χ0) is 14.8. The number of hydrogen-bond acceptors (Lipinski definition) is 6. The molecule has 3 aromatic rings. The third-order valence-electron chi connectivity index (χ3n) is 2.99. The van der Waals surface area contributed by atoms with Crippen LogP contribution in [0, 0.1) is 0 Å². The molecule has 0 amide bonds. The van der Waals surface area contributed by atoms with Gasteiger partial charge >= 0.3 is 5.97 Å². The van der Waals surface area contributed by atoms with Gasteiger partial charge in [0.1, 0.15) is 11.4 Å². The number of fused-ring (bicyclic) bond motifs is 1. The molecule has 0 saturated heterocycles. The highest BCUT2D eigenvalue weighted by Crippen LogP contribution is 2.24. The van der Waals surface area contributed by atoms with Gasteiger partial charge in [0, 0.05) is 23.1 Å². The average Bonchev–Trinajstić information content (AvgIpc) is 3.07. The van der Waals surface area contributed by atoms with Crippen LogP contribution in [0.5, 0.6) is 5.06 Å². The lowest BCUT2D eigenvalue weighted by molar-refractivity contribution is 0.0690. The third kappa shape index (κ3) is 2.57. The van der Waals surface area contributed by atoms with Crippen LogP contribution in [0.3, 0.4) is 0 Å². The second-order valence-corrected chi connectivity index (χ2v) is 5.03. The number of ether oxygens (including phenoxy) is 1. The predicted molar refractivity (Wildman–Crippen MR) is 76.9 cm³/mol. The molecule has 21 heavy (non-hydrogen) atoms. The van der Waals surface area contributed by atoms with E-state index in [1.165, 1.54) is 11.5 Å². The smallest absolute Gasteiger partial charge is 0.354 e. The molecule has 0 saturated carbocycles. The van der Waals surface area contributed by atoms with Gasteiger partial charge in [-0.1, -0.05) is 4.49 Å². The monoisotopic (exact) mass is 304 g/mol. The Kier molecular flexibility index (Phi) is 3.53. The molecule has 0 aliphatic rings. The molecule has 3 heterocycles. The molecule has 0 bridgehead atoms. The number of nitrogens with zero attached hydrogens (tertiary/aromatic N) is 4. The van der Waals surface area contributed by atoms with Gasteiger partial charge in [-0.2, -0.15) is 0 Å². The molecular formula is C13H12N4O3S. The Bertz CT molecular complexity index is 796. The van der Waals surface area contributed by atoms with Crippen molar-refractivity contribution in [2.24, 2.45) is 0 Å². The van der Waals surface area contributed by atoms with E-state index in [0.717, 1.165) is 16.6 Å². The summed E-state index contributed by atoms with van der Waals surface area (Å²) in [4.78, 5) is 14.9. The fourth-order valence-corrected chi connectivity index (χ4v) is 2.64. The second kappa shape index (κ2) is 5.49. The van der Waals surface area contributed by atoms with Gasteiger partial charge in [0.25, 0.3) is 0 Å². The molecule has 108 valence electrons. The topological polar surface area (TPSA) is 90.1 Å². The van der Waals surface area contributed by atoms with Crippen molar-refractivity contribution in [2.75, 3.05) is 6.61 Å². The van der Waals surface area contributed by atoms with E-state index in [1.54, 1.807) is 12.3 Å². The Hall–Kier alpha value is -2.48. The molecule has 8 heteroatoms. The zero-order valence-electron chi connectivity index (χ0n) is 11.2. The lowest BCUT2D eigenvalue weighted by Gasteiger charge is -2.05. The number of hydrogen-bond donors (Lipinski definition) is 1. The molecule has 0 spiro atoms. The largest absolute Gasteiger partial charge is 0.482 e. The molecule has 1 N–H and O–H groups in total. The summed E-state index contributed by atoms with van der Waals surface area (Å²) >= 11 is 1.22. The van der Waals surface area contributed by atoms with Crippen molar-refractivity contribution >= 4 is 28.4 Å². The average molecular weight is 304 g/mol. The molecule has 0 fully saturated rings. The van der Waals surface area contributed by atoms with Crippen molar-refractivity contribution in [3.8, 4) is 5.06 Å². The van der Waals surface area contributed by atoms with Crippen molar-refractivity contribution in [1.29, 1.82) is 0 Å². The first-order chi connectivity index (χ1) is 10.2. The summed E-state index contributed by atoms with van der Waals surface area (Å²) in [6, 6.07) is 3.40. The normalized spacial score (nSPS) is 10.9. The fraction of sp³-hybridized carbons (Fsp3) is 0.231. The first-order valence-electron chi connectivity index (χ1n) is 6.31. The van der Waals surface area contributed by atoms with Crippen LogP contribution in [0.4, 0.5) is 0 Å². The van der Waals surface area contributed by atoms with Crippen molar-refractivity contribution in [3.63, 3.8) is 0 Å². The van der Waals surface area contributed by atoms with E-state index in [9.17, 15) is 4.79 Å². The predicted octanol–water partition coefficient (Wildman–Crippen LogP) is 2.03. The van der Waals surface area contributed by atoms with Crippen LogP contribution in [-0.2, 0) is 6.54 Å². The summed E-state index contributed by atoms with van der Waals surface area (Å²) in [5, 5.41) is 14.5.